The van der Waals surface area contributed by atoms with Crippen LogP contribution in [0.3, 0.4) is 0 Å². The number of aliphatic hydroxyl groups excluding tert-OH is 1. The Balaban J connectivity index is 1.77. The summed E-state index contributed by atoms with van der Waals surface area (Å²) in [6.07, 6.45) is 0.156. The van der Waals surface area contributed by atoms with Gasteiger partial charge in [-0.1, -0.05) is 24.3 Å². The number of primary amides is 1. The van der Waals surface area contributed by atoms with Gasteiger partial charge < -0.3 is 21.1 Å². The largest absolute Gasteiger partial charge is 0.392 e. The standard InChI is InChI=1S/C16H24N4O3/c17-15(22)5-6-18-16(23)20-9-7-19(8-10-20)11-13-3-1-2-4-14(13)12-21/h1-4,21H,5-12H2,(H2,17,22)(H,18,23). The molecule has 4 N–H and O–H groups in total. The van der Waals surface area contributed by atoms with Crippen LogP contribution in [-0.4, -0.2) is 59.6 Å². The summed E-state index contributed by atoms with van der Waals surface area (Å²) in [7, 11) is 0. The number of carbonyl (C=O) groups is 2. The van der Waals surface area contributed by atoms with Crippen LogP contribution < -0.4 is 11.1 Å². The number of urea groups is 1. The second kappa shape index (κ2) is 8.50. The number of rotatable bonds is 6. The maximum Gasteiger partial charge on any atom is 0.317 e. The molecule has 7 nitrogen and oxygen atoms in total. The Bertz CT molecular complexity index is 542. The Morgan fingerprint density at radius 1 is 1.13 bits per heavy atom. The SMILES string of the molecule is NC(=O)CCNC(=O)N1CCN(Cc2ccccc2CO)CC1. The zero-order valence-corrected chi connectivity index (χ0v) is 13.2. The topological polar surface area (TPSA) is 98.9 Å². The average Bonchev–Trinajstić information content (AvgIpc) is 2.55. The lowest BCUT2D eigenvalue weighted by atomic mass is 10.1. The highest BCUT2D eigenvalue weighted by molar-refractivity contribution is 5.77. The number of amides is 3. The van der Waals surface area contributed by atoms with Crippen LogP contribution >= 0.6 is 0 Å². The van der Waals surface area contributed by atoms with Crippen molar-refractivity contribution in [2.45, 2.75) is 19.6 Å². The number of nitrogens with zero attached hydrogens (tertiary/aromatic N) is 2. The molecule has 0 aliphatic carbocycles. The minimum atomic E-state index is -0.419. The predicted octanol–water partition coefficient (Wildman–Crippen LogP) is -0.118. The Kier molecular flexibility index (Phi) is 6.37. The normalized spacial score (nSPS) is 15.4. The highest BCUT2D eigenvalue weighted by atomic mass is 16.3. The van der Waals surface area contributed by atoms with Crippen LogP contribution in [0.4, 0.5) is 4.79 Å². The fourth-order valence-electron chi connectivity index (χ4n) is 2.62. The number of nitrogens with two attached hydrogens (primary N) is 1. The van der Waals surface area contributed by atoms with E-state index in [0.717, 1.165) is 30.8 Å². The summed E-state index contributed by atoms with van der Waals surface area (Å²) in [5.74, 6) is -0.419. The van der Waals surface area contributed by atoms with E-state index in [0.29, 0.717) is 13.1 Å². The van der Waals surface area contributed by atoms with Crippen LogP contribution in [0, 0.1) is 0 Å². The summed E-state index contributed by atoms with van der Waals surface area (Å²) in [5.41, 5.74) is 7.11. The maximum absolute atomic E-state index is 12.0. The number of hydrogen-bond donors (Lipinski definition) is 3. The molecule has 0 bridgehead atoms. The summed E-state index contributed by atoms with van der Waals surface area (Å²) in [6, 6.07) is 7.69. The molecule has 0 spiro atoms. The molecule has 3 amide bonds. The Morgan fingerprint density at radius 2 is 1.78 bits per heavy atom. The van der Waals surface area contributed by atoms with Gasteiger partial charge in [0, 0.05) is 45.7 Å². The van der Waals surface area contributed by atoms with Gasteiger partial charge in [-0.25, -0.2) is 4.79 Å². The number of hydrogen-bond acceptors (Lipinski definition) is 4. The molecule has 0 atom stereocenters. The van der Waals surface area contributed by atoms with Crippen molar-refractivity contribution < 1.29 is 14.7 Å². The molecule has 23 heavy (non-hydrogen) atoms. The second-order valence-electron chi connectivity index (χ2n) is 5.64. The molecule has 1 heterocycles. The molecule has 0 radical (unpaired) electrons. The van der Waals surface area contributed by atoms with Crippen LogP contribution in [0.1, 0.15) is 17.5 Å². The fraction of sp³-hybridized carbons (Fsp3) is 0.500. The third-order valence-corrected chi connectivity index (χ3v) is 3.99. The second-order valence-corrected chi connectivity index (χ2v) is 5.64. The molecule has 1 fully saturated rings. The lowest BCUT2D eigenvalue weighted by Crippen LogP contribution is -2.51. The van der Waals surface area contributed by atoms with Gasteiger partial charge in [0.25, 0.3) is 0 Å². The van der Waals surface area contributed by atoms with Gasteiger partial charge >= 0.3 is 6.03 Å². The quantitative estimate of drug-likeness (QED) is 0.680. The number of nitrogens with one attached hydrogen (secondary N) is 1. The van der Waals surface area contributed by atoms with E-state index in [1.54, 1.807) is 4.90 Å². The Hall–Kier alpha value is -2.12. The van der Waals surface area contributed by atoms with Gasteiger partial charge in [-0.05, 0) is 11.1 Å². The van der Waals surface area contributed by atoms with Gasteiger partial charge in [0.05, 0.1) is 6.61 Å². The van der Waals surface area contributed by atoms with Gasteiger partial charge in [0.15, 0.2) is 0 Å². The molecular weight excluding hydrogens is 296 g/mol. The predicted molar refractivity (Wildman–Crippen MR) is 86.4 cm³/mol. The highest BCUT2D eigenvalue weighted by Crippen LogP contribution is 2.13. The average molecular weight is 320 g/mol. The lowest BCUT2D eigenvalue weighted by Gasteiger charge is -2.35. The minimum Gasteiger partial charge on any atom is -0.392 e. The molecule has 2 rings (SSSR count). The lowest BCUT2D eigenvalue weighted by molar-refractivity contribution is -0.117. The van der Waals surface area contributed by atoms with Crippen molar-refractivity contribution in [2.75, 3.05) is 32.7 Å². The zero-order chi connectivity index (χ0) is 16.7. The van der Waals surface area contributed by atoms with Crippen molar-refractivity contribution in [2.24, 2.45) is 5.73 Å². The molecule has 1 aromatic carbocycles. The number of piperazine rings is 1. The molecule has 1 aliphatic rings. The van der Waals surface area contributed by atoms with E-state index in [1.165, 1.54) is 0 Å². The highest BCUT2D eigenvalue weighted by Gasteiger charge is 2.21. The van der Waals surface area contributed by atoms with E-state index < -0.39 is 5.91 Å². The first kappa shape index (κ1) is 17.2. The minimum absolute atomic E-state index is 0.0401. The van der Waals surface area contributed by atoms with Gasteiger partial charge in [-0.2, -0.15) is 0 Å². The summed E-state index contributed by atoms with van der Waals surface area (Å²) < 4.78 is 0. The summed E-state index contributed by atoms with van der Waals surface area (Å²) in [5, 5.41) is 12.1. The van der Waals surface area contributed by atoms with Crippen LogP contribution in [-0.2, 0) is 17.9 Å². The third-order valence-electron chi connectivity index (χ3n) is 3.99. The van der Waals surface area contributed by atoms with Crippen LogP contribution in [0.25, 0.3) is 0 Å². The van der Waals surface area contributed by atoms with Crippen molar-refractivity contribution in [3.8, 4) is 0 Å². The summed E-state index contributed by atoms with van der Waals surface area (Å²) >= 11 is 0. The smallest absolute Gasteiger partial charge is 0.317 e. The molecule has 0 saturated carbocycles. The molecule has 0 aromatic heterocycles. The maximum atomic E-state index is 12.0. The number of benzene rings is 1. The van der Waals surface area contributed by atoms with Crippen molar-refractivity contribution in [3.05, 3.63) is 35.4 Å². The Labute approximate surface area is 136 Å². The van der Waals surface area contributed by atoms with Gasteiger partial charge in [0.1, 0.15) is 0 Å². The van der Waals surface area contributed by atoms with E-state index in [-0.39, 0.29) is 25.6 Å². The number of aliphatic hydroxyl groups is 1. The molecule has 1 aliphatic heterocycles. The van der Waals surface area contributed by atoms with Crippen LogP contribution in [0.5, 0.6) is 0 Å². The molecule has 1 aromatic rings. The first-order valence-electron chi connectivity index (χ1n) is 7.81. The van der Waals surface area contributed by atoms with Crippen LogP contribution in [0.2, 0.25) is 0 Å². The van der Waals surface area contributed by atoms with E-state index in [1.807, 2.05) is 24.3 Å². The summed E-state index contributed by atoms with van der Waals surface area (Å²) in [4.78, 5) is 26.6. The van der Waals surface area contributed by atoms with E-state index in [9.17, 15) is 14.7 Å². The molecule has 1 saturated heterocycles. The monoisotopic (exact) mass is 320 g/mol. The van der Waals surface area contributed by atoms with E-state index >= 15 is 0 Å². The first-order valence-corrected chi connectivity index (χ1v) is 7.81. The van der Waals surface area contributed by atoms with Crippen molar-refractivity contribution in [3.63, 3.8) is 0 Å². The molecular formula is C16H24N4O3. The van der Waals surface area contributed by atoms with Crippen molar-refractivity contribution in [1.29, 1.82) is 0 Å². The van der Waals surface area contributed by atoms with Crippen molar-refractivity contribution in [1.82, 2.24) is 15.1 Å². The van der Waals surface area contributed by atoms with Gasteiger partial charge in [0.2, 0.25) is 5.91 Å². The third kappa shape index (κ3) is 5.22. The van der Waals surface area contributed by atoms with Crippen molar-refractivity contribution >= 4 is 11.9 Å². The van der Waals surface area contributed by atoms with E-state index in [4.69, 9.17) is 5.73 Å². The first-order chi connectivity index (χ1) is 11.1. The molecule has 7 heteroatoms. The Morgan fingerprint density at radius 3 is 2.39 bits per heavy atom. The van der Waals surface area contributed by atoms with E-state index in [2.05, 4.69) is 10.2 Å². The van der Waals surface area contributed by atoms with Gasteiger partial charge in [-0.15, -0.1) is 0 Å². The van der Waals surface area contributed by atoms with Gasteiger partial charge in [-0.3, -0.25) is 9.69 Å². The zero-order valence-electron chi connectivity index (χ0n) is 13.2. The molecule has 0 unspecified atom stereocenters. The molecule has 126 valence electrons. The van der Waals surface area contributed by atoms with Crippen LogP contribution in [0.15, 0.2) is 24.3 Å². The fourth-order valence-corrected chi connectivity index (χ4v) is 2.62. The summed E-state index contributed by atoms with van der Waals surface area (Å²) in [6.45, 7) is 3.93. The number of carbonyl (C=O) groups excluding carboxylic acids is 2.